The molecule has 2 aliphatic heterocycles. The van der Waals surface area contributed by atoms with Gasteiger partial charge in [-0.1, -0.05) is 17.7 Å². The number of hydrogen-bond donors (Lipinski definition) is 1. The Kier molecular flexibility index (Phi) is 3.42. The molecule has 0 aliphatic carbocycles. The molecule has 8 heteroatoms. The van der Waals surface area contributed by atoms with Crippen molar-refractivity contribution < 1.29 is 18.6 Å². The van der Waals surface area contributed by atoms with E-state index in [4.69, 9.17) is 25.8 Å². The summed E-state index contributed by atoms with van der Waals surface area (Å²) in [5, 5.41) is 0.205. The quantitative estimate of drug-likeness (QED) is 0.537. The van der Waals surface area contributed by atoms with Crippen LogP contribution in [0.2, 0.25) is 5.02 Å². The number of aromatic nitrogens is 2. The first-order chi connectivity index (χ1) is 13.0. The van der Waals surface area contributed by atoms with Crippen molar-refractivity contribution in [2.75, 3.05) is 6.79 Å². The van der Waals surface area contributed by atoms with E-state index in [9.17, 15) is 9.18 Å². The maximum absolute atomic E-state index is 14.8. The van der Waals surface area contributed by atoms with E-state index in [0.29, 0.717) is 28.6 Å². The van der Waals surface area contributed by atoms with Gasteiger partial charge in [-0.2, -0.15) is 4.98 Å². The number of halogens is 2. The van der Waals surface area contributed by atoms with Gasteiger partial charge in [-0.3, -0.25) is 4.79 Å². The summed E-state index contributed by atoms with van der Waals surface area (Å²) in [5.74, 6) is 0.599. The first-order valence-corrected chi connectivity index (χ1v) is 8.57. The predicted octanol–water partition coefficient (Wildman–Crippen LogP) is 3.89. The Bertz CT molecular complexity index is 1140. The Hall–Kier alpha value is -3.06. The van der Waals surface area contributed by atoms with Gasteiger partial charge in [0.1, 0.15) is 17.4 Å². The second-order valence-corrected chi connectivity index (χ2v) is 6.69. The molecule has 3 aromatic rings. The van der Waals surface area contributed by atoms with Crippen molar-refractivity contribution in [1.29, 1.82) is 0 Å². The number of aromatic amines is 1. The van der Waals surface area contributed by atoms with Gasteiger partial charge in [0.05, 0.1) is 11.5 Å². The lowest BCUT2D eigenvalue weighted by molar-refractivity contribution is 0.174. The number of benzene rings is 2. The van der Waals surface area contributed by atoms with Gasteiger partial charge in [0.2, 0.25) is 12.7 Å². The summed E-state index contributed by atoms with van der Waals surface area (Å²) in [6.07, 6.45) is 0. The number of nitrogens with one attached hydrogen (secondary N) is 1. The highest BCUT2D eigenvalue weighted by Crippen LogP contribution is 2.51. The SMILES string of the molecule is Cc1nc2c(c(=O)[nH]1)[C@@H](c1c(F)cccc1Cl)c1cc3c(cc1O2)OCO3. The molecule has 0 amide bonds. The van der Waals surface area contributed by atoms with Gasteiger partial charge in [0.15, 0.2) is 11.5 Å². The van der Waals surface area contributed by atoms with Gasteiger partial charge < -0.3 is 19.2 Å². The van der Waals surface area contributed by atoms with Crippen LogP contribution < -0.4 is 19.8 Å². The molecule has 0 radical (unpaired) electrons. The third-order valence-electron chi connectivity index (χ3n) is 4.64. The molecule has 0 fully saturated rings. The van der Waals surface area contributed by atoms with Gasteiger partial charge in [-0.25, -0.2) is 4.39 Å². The smallest absolute Gasteiger partial charge is 0.258 e. The lowest BCUT2D eigenvalue weighted by Gasteiger charge is -2.28. The maximum atomic E-state index is 14.8. The molecule has 136 valence electrons. The molecule has 27 heavy (non-hydrogen) atoms. The van der Waals surface area contributed by atoms with Crippen LogP contribution in [0.4, 0.5) is 4.39 Å². The minimum atomic E-state index is -0.802. The Balaban J connectivity index is 1.85. The Morgan fingerprint density at radius 2 is 1.96 bits per heavy atom. The van der Waals surface area contributed by atoms with Crippen LogP contribution in [-0.2, 0) is 0 Å². The third kappa shape index (κ3) is 2.39. The van der Waals surface area contributed by atoms with Crippen LogP contribution >= 0.6 is 11.6 Å². The monoisotopic (exact) mass is 386 g/mol. The summed E-state index contributed by atoms with van der Waals surface area (Å²) in [6, 6.07) is 7.74. The summed E-state index contributed by atoms with van der Waals surface area (Å²) in [5.41, 5.74) is 0.513. The second-order valence-electron chi connectivity index (χ2n) is 6.28. The fraction of sp³-hybridized carbons (Fsp3) is 0.158. The second kappa shape index (κ2) is 5.72. The average molecular weight is 387 g/mol. The highest BCUT2D eigenvalue weighted by atomic mass is 35.5. The fourth-order valence-corrected chi connectivity index (χ4v) is 3.77. The van der Waals surface area contributed by atoms with Crippen LogP contribution in [0.5, 0.6) is 23.1 Å². The Morgan fingerprint density at radius 3 is 2.74 bits per heavy atom. The van der Waals surface area contributed by atoms with Crippen molar-refractivity contribution >= 4 is 11.6 Å². The number of nitrogens with zero attached hydrogens (tertiary/aromatic N) is 1. The van der Waals surface area contributed by atoms with E-state index in [1.54, 1.807) is 25.1 Å². The van der Waals surface area contributed by atoms with Crippen molar-refractivity contribution in [3.8, 4) is 23.1 Å². The van der Waals surface area contributed by atoms with Gasteiger partial charge in [0, 0.05) is 22.2 Å². The van der Waals surface area contributed by atoms with Gasteiger partial charge >= 0.3 is 0 Å². The van der Waals surface area contributed by atoms with Crippen molar-refractivity contribution in [2.45, 2.75) is 12.8 Å². The van der Waals surface area contributed by atoms with Crippen LogP contribution in [0, 0.1) is 12.7 Å². The minimum absolute atomic E-state index is 0.0776. The predicted molar refractivity (Wildman–Crippen MR) is 94.6 cm³/mol. The zero-order valence-corrected chi connectivity index (χ0v) is 14.8. The van der Waals surface area contributed by atoms with Crippen LogP contribution in [0.25, 0.3) is 0 Å². The zero-order valence-electron chi connectivity index (χ0n) is 14.0. The van der Waals surface area contributed by atoms with E-state index in [1.807, 2.05) is 0 Å². The maximum Gasteiger partial charge on any atom is 0.258 e. The molecule has 0 unspecified atom stereocenters. The summed E-state index contributed by atoms with van der Waals surface area (Å²) >= 11 is 6.33. The summed E-state index contributed by atoms with van der Waals surface area (Å²) in [4.78, 5) is 19.7. The highest BCUT2D eigenvalue weighted by molar-refractivity contribution is 6.31. The van der Waals surface area contributed by atoms with Crippen LogP contribution in [-0.4, -0.2) is 16.8 Å². The van der Waals surface area contributed by atoms with Gasteiger partial charge in [-0.05, 0) is 25.1 Å². The summed E-state index contributed by atoms with van der Waals surface area (Å²) < 4.78 is 31.5. The number of H-pyrrole nitrogens is 1. The van der Waals surface area contributed by atoms with E-state index in [-0.39, 0.29) is 28.8 Å². The molecule has 1 aromatic heterocycles. The standard InChI is InChI=1S/C19H12ClFN2O4/c1-8-22-18(24)17-15(16-10(20)3-2-4-11(16)21)9-5-13-14(26-7-25-13)6-12(9)27-19(17)23-8/h2-6,15H,7H2,1H3,(H,22,23,24)/t15-/m1/s1. The molecule has 0 spiro atoms. The van der Waals surface area contributed by atoms with Crippen molar-refractivity contribution in [2.24, 2.45) is 0 Å². The molecular weight excluding hydrogens is 375 g/mol. The van der Waals surface area contributed by atoms with Crippen molar-refractivity contribution in [3.63, 3.8) is 0 Å². The van der Waals surface area contributed by atoms with E-state index in [1.165, 1.54) is 12.1 Å². The lowest BCUT2D eigenvalue weighted by atomic mass is 9.83. The number of aryl methyl sites for hydroxylation is 1. The van der Waals surface area contributed by atoms with Crippen LogP contribution in [0.1, 0.15) is 28.4 Å². The summed E-state index contributed by atoms with van der Waals surface area (Å²) in [7, 11) is 0. The minimum Gasteiger partial charge on any atom is -0.454 e. The van der Waals surface area contributed by atoms with E-state index in [0.717, 1.165) is 0 Å². The van der Waals surface area contributed by atoms with Crippen LogP contribution in [0.15, 0.2) is 35.1 Å². The number of fused-ring (bicyclic) bond motifs is 3. The molecule has 6 nitrogen and oxygen atoms in total. The largest absolute Gasteiger partial charge is 0.454 e. The topological polar surface area (TPSA) is 73.4 Å². The van der Waals surface area contributed by atoms with E-state index >= 15 is 0 Å². The molecule has 2 aliphatic rings. The number of hydrogen-bond acceptors (Lipinski definition) is 5. The van der Waals surface area contributed by atoms with E-state index < -0.39 is 17.3 Å². The molecule has 0 saturated heterocycles. The van der Waals surface area contributed by atoms with Gasteiger partial charge in [0.25, 0.3) is 5.56 Å². The van der Waals surface area contributed by atoms with E-state index in [2.05, 4.69) is 9.97 Å². The molecule has 5 rings (SSSR count). The normalized spacial score (nSPS) is 16.5. The van der Waals surface area contributed by atoms with Crippen molar-refractivity contribution in [1.82, 2.24) is 9.97 Å². The first kappa shape index (κ1) is 16.1. The first-order valence-electron chi connectivity index (χ1n) is 8.19. The molecule has 0 saturated carbocycles. The third-order valence-corrected chi connectivity index (χ3v) is 4.97. The molecule has 1 atom stereocenters. The number of rotatable bonds is 1. The Labute approximate surface area is 157 Å². The molecule has 0 bridgehead atoms. The lowest BCUT2D eigenvalue weighted by Crippen LogP contribution is -2.25. The van der Waals surface area contributed by atoms with Crippen LogP contribution in [0.3, 0.4) is 0 Å². The molecule has 3 heterocycles. The Morgan fingerprint density at radius 1 is 1.19 bits per heavy atom. The van der Waals surface area contributed by atoms with Crippen molar-refractivity contribution in [3.05, 3.63) is 74.0 Å². The van der Waals surface area contributed by atoms with Gasteiger partial charge in [-0.15, -0.1) is 0 Å². The zero-order chi connectivity index (χ0) is 18.7. The average Bonchev–Trinajstić information content (AvgIpc) is 3.06. The molecule has 2 aromatic carbocycles. The number of ether oxygens (including phenoxy) is 3. The highest BCUT2D eigenvalue weighted by Gasteiger charge is 2.37. The summed E-state index contributed by atoms with van der Waals surface area (Å²) in [6.45, 7) is 1.72. The fourth-order valence-electron chi connectivity index (χ4n) is 3.50. The molecule has 1 N–H and O–H groups in total. The molecular formula is C19H12ClFN2O4.